The maximum absolute atomic E-state index is 12.9. The number of hydrogen-bond acceptors (Lipinski definition) is 6. The summed E-state index contributed by atoms with van der Waals surface area (Å²) in [6.07, 6.45) is 62.5. The van der Waals surface area contributed by atoms with Crippen molar-refractivity contribution in [3.05, 3.63) is 0 Å². The quantitative estimate of drug-likeness (QED) is 0.0343. The Morgan fingerprint density at radius 3 is 0.722 bits per heavy atom. The van der Waals surface area contributed by atoms with E-state index in [0.29, 0.717) is 19.3 Å². The van der Waals surface area contributed by atoms with Crippen LogP contribution in [0.4, 0.5) is 0 Å². The Hall–Kier alpha value is -1.59. The van der Waals surface area contributed by atoms with Crippen molar-refractivity contribution in [2.24, 2.45) is 17.8 Å². The van der Waals surface area contributed by atoms with Crippen LogP contribution in [0.25, 0.3) is 0 Å². The molecule has 72 heavy (non-hydrogen) atoms. The van der Waals surface area contributed by atoms with Gasteiger partial charge in [-0.2, -0.15) is 0 Å². The van der Waals surface area contributed by atoms with Gasteiger partial charge in [-0.3, -0.25) is 14.4 Å². The Kier molecular flexibility index (Phi) is 55.9. The zero-order chi connectivity index (χ0) is 52.6. The molecule has 2 atom stereocenters. The van der Waals surface area contributed by atoms with Gasteiger partial charge in [-0.15, -0.1) is 0 Å². The summed E-state index contributed by atoms with van der Waals surface area (Å²) in [6, 6.07) is 0. The Labute approximate surface area is 450 Å². The van der Waals surface area contributed by atoms with Crippen molar-refractivity contribution in [2.45, 2.75) is 375 Å². The van der Waals surface area contributed by atoms with E-state index in [2.05, 4.69) is 41.5 Å². The molecule has 0 fully saturated rings. The topological polar surface area (TPSA) is 78.9 Å². The summed E-state index contributed by atoms with van der Waals surface area (Å²) >= 11 is 0. The molecule has 0 radical (unpaired) electrons. The molecule has 0 aliphatic carbocycles. The standard InChI is InChI=1S/C66H128O6/c1-7-62(6)54-48-42-36-30-23-19-15-10-8-9-11-17-21-25-33-39-45-51-57-66(69)72-63(59-71-65(68)56-50-44-38-32-27-26-29-35-41-47-53-61(4)5)58-70-64(67)55-49-43-37-31-24-20-16-13-12-14-18-22-28-34-40-46-52-60(2)3/h60-63H,7-59H2,1-6H3/t62?,63-/m0/s1. The summed E-state index contributed by atoms with van der Waals surface area (Å²) in [5.74, 6) is 1.74. The van der Waals surface area contributed by atoms with Gasteiger partial charge in [-0.05, 0) is 37.0 Å². The van der Waals surface area contributed by atoms with Gasteiger partial charge in [0.05, 0.1) is 0 Å². The summed E-state index contributed by atoms with van der Waals surface area (Å²) in [4.78, 5) is 38.3. The van der Waals surface area contributed by atoms with Crippen molar-refractivity contribution >= 4 is 17.9 Å². The lowest BCUT2D eigenvalue weighted by Gasteiger charge is -2.18. The third kappa shape index (κ3) is 57.7. The number of carbonyl (C=O) groups excluding carboxylic acids is 3. The van der Waals surface area contributed by atoms with E-state index in [0.717, 1.165) is 75.5 Å². The number of carbonyl (C=O) groups is 3. The number of rotatable bonds is 59. The van der Waals surface area contributed by atoms with Gasteiger partial charge in [0.15, 0.2) is 6.10 Å². The molecule has 0 heterocycles. The smallest absolute Gasteiger partial charge is 0.306 e. The van der Waals surface area contributed by atoms with E-state index in [1.165, 1.54) is 250 Å². The van der Waals surface area contributed by atoms with Crippen LogP contribution in [-0.2, 0) is 28.6 Å². The van der Waals surface area contributed by atoms with Crippen molar-refractivity contribution in [3.8, 4) is 0 Å². The third-order valence-electron chi connectivity index (χ3n) is 15.5. The van der Waals surface area contributed by atoms with E-state index in [1.54, 1.807) is 0 Å². The predicted molar refractivity (Wildman–Crippen MR) is 312 cm³/mol. The maximum atomic E-state index is 12.9. The molecule has 428 valence electrons. The minimum absolute atomic E-state index is 0.0626. The van der Waals surface area contributed by atoms with Gasteiger partial charge in [-0.25, -0.2) is 0 Å². The van der Waals surface area contributed by atoms with Gasteiger partial charge in [0.2, 0.25) is 0 Å². The van der Waals surface area contributed by atoms with Crippen molar-refractivity contribution < 1.29 is 28.6 Å². The molecule has 0 rings (SSSR count). The first kappa shape index (κ1) is 70.4. The fourth-order valence-corrected chi connectivity index (χ4v) is 10.2. The Balaban J connectivity index is 4.25. The summed E-state index contributed by atoms with van der Waals surface area (Å²) < 4.78 is 17.0. The van der Waals surface area contributed by atoms with Crippen LogP contribution >= 0.6 is 0 Å². The second-order valence-corrected chi connectivity index (χ2v) is 24.0. The average molecular weight is 1020 g/mol. The highest BCUT2D eigenvalue weighted by Gasteiger charge is 2.19. The molecule has 1 unspecified atom stereocenters. The first-order valence-corrected chi connectivity index (χ1v) is 32.6. The monoisotopic (exact) mass is 1020 g/mol. The van der Waals surface area contributed by atoms with Gasteiger partial charge < -0.3 is 14.2 Å². The van der Waals surface area contributed by atoms with Crippen molar-refractivity contribution in [2.75, 3.05) is 13.2 Å². The van der Waals surface area contributed by atoms with E-state index >= 15 is 0 Å². The Morgan fingerprint density at radius 2 is 0.486 bits per heavy atom. The lowest BCUT2D eigenvalue weighted by molar-refractivity contribution is -0.167. The second-order valence-electron chi connectivity index (χ2n) is 24.0. The van der Waals surface area contributed by atoms with Crippen LogP contribution < -0.4 is 0 Å². The van der Waals surface area contributed by atoms with Crippen LogP contribution in [0.2, 0.25) is 0 Å². The highest BCUT2D eigenvalue weighted by Crippen LogP contribution is 2.20. The molecule has 0 N–H and O–H groups in total. The van der Waals surface area contributed by atoms with Crippen LogP contribution in [0, 0.1) is 17.8 Å². The first-order chi connectivity index (χ1) is 35.1. The summed E-state index contributed by atoms with van der Waals surface area (Å²) in [6.45, 7) is 13.8. The highest BCUT2D eigenvalue weighted by molar-refractivity contribution is 5.71. The van der Waals surface area contributed by atoms with Crippen LogP contribution in [0.15, 0.2) is 0 Å². The molecule has 0 aliphatic rings. The molecule has 0 amide bonds. The van der Waals surface area contributed by atoms with Gasteiger partial charge in [-0.1, -0.05) is 330 Å². The van der Waals surface area contributed by atoms with E-state index in [1.807, 2.05) is 0 Å². The molecule has 0 spiro atoms. The van der Waals surface area contributed by atoms with Crippen LogP contribution in [0.1, 0.15) is 369 Å². The molecular weight excluding hydrogens is 889 g/mol. The summed E-state index contributed by atoms with van der Waals surface area (Å²) in [7, 11) is 0. The highest BCUT2D eigenvalue weighted by atomic mass is 16.6. The molecule has 0 aromatic carbocycles. The van der Waals surface area contributed by atoms with Crippen molar-refractivity contribution in [1.29, 1.82) is 0 Å². The molecule has 0 saturated heterocycles. The molecule has 0 aliphatic heterocycles. The molecule has 6 nitrogen and oxygen atoms in total. The SMILES string of the molecule is CCC(C)CCCCCCCCCCCCCCCCCCCCC(=O)O[C@@H](COC(=O)CCCCCCCCCCCCCCCCCCC(C)C)COC(=O)CCCCCCCCCCCCC(C)C. The second kappa shape index (κ2) is 57.1. The predicted octanol–water partition coefficient (Wildman–Crippen LogP) is 21.8. The fraction of sp³-hybridized carbons (Fsp3) is 0.955. The van der Waals surface area contributed by atoms with Crippen LogP contribution in [0.5, 0.6) is 0 Å². The van der Waals surface area contributed by atoms with Gasteiger partial charge >= 0.3 is 17.9 Å². The first-order valence-electron chi connectivity index (χ1n) is 32.6. The van der Waals surface area contributed by atoms with Gasteiger partial charge in [0, 0.05) is 19.3 Å². The summed E-state index contributed by atoms with van der Waals surface area (Å²) in [5, 5.41) is 0. The van der Waals surface area contributed by atoms with Crippen molar-refractivity contribution in [1.82, 2.24) is 0 Å². The minimum Gasteiger partial charge on any atom is -0.462 e. The largest absolute Gasteiger partial charge is 0.462 e. The lowest BCUT2D eigenvalue weighted by Crippen LogP contribution is -2.30. The van der Waals surface area contributed by atoms with Crippen LogP contribution in [-0.4, -0.2) is 37.2 Å². The van der Waals surface area contributed by atoms with Crippen LogP contribution in [0.3, 0.4) is 0 Å². The van der Waals surface area contributed by atoms with Gasteiger partial charge in [0.1, 0.15) is 13.2 Å². The van der Waals surface area contributed by atoms with Gasteiger partial charge in [0.25, 0.3) is 0 Å². The lowest BCUT2D eigenvalue weighted by atomic mass is 9.99. The maximum Gasteiger partial charge on any atom is 0.306 e. The summed E-state index contributed by atoms with van der Waals surface area (Å²) in [5.41, 5.74) is 0. The van der Waals surface area contributed by atoms with Crippen molar-refractivity contribution in [3.63, 3.8) is 0 Å². The molecular formula is C66H128O6. The minimum atomic E-state index is -0.765. The zero-order valence-electron chi connectivity index (χ0n) is 49.7. The normalized spacial score (nSPS) is 12.5. The van der Waals surface area contributed by atoms with E-state index in [9.17, 15) is 14.4 Å². The molecule has 0 saturated carbocycles. The average Bonchev–Trinajstić information content (AvgIpc) is 3.36. The Morgan fingerprint density at radius 1 is 0.278 bits per heavy atom. The third-order valence-corrected chi connectivity index (χ3v) is 15.5. The molecule has 0 aromatic rings. The van der Waals surface area contributed by atoms with E-state index < -0.39 is 6.10 Å². The number of ether oxygens (including phenoxy) is 3. The molecule has 0 bridgehead atoms. The molecule has 0 aromatic heterocycles. The Bertz CT molecular complexity index is 1120. The fourth-order valence-electron chi connectivity index (χ4n) is 10.2. The number of esters is 3. The van der Waals surface area contributed by atoms with E-state index in [4.69, 9.17) is 14.2 Å². The number of unbranched alkanes of at least 4 members (excludes halogenated alkanes) is 41. The zero-order valence-corrected chi connectivity index (χ0v) is 49.7. The number of hydrogen-bond donors (Lipinski definition) is 0. The molecule has 6 heteroatoms. The van der Waals surface area contributed by atoms with E-state index in [-0.39, 0.29) is 31.1 Å².